The molecule has 0 aliphatic carbocycles. The molecule has 3 heterocycles. The average Bonchev–Trinajstić information content (AvgIpc) is 3.15. The van der Waals surface area contributed by atoms with Gasteiger partial charge in [0.05, 0.1) is 4.91 Å². The Morgan fingerprint density at radius 1 is 1.11 bits per heavy atom. The Morgan fingerprint density at radius 3 is 2.36 bits per heavy atom. The summed E-state index contributed by atoms with van der Waals surface area (Å²) in [4.78, 5) is 33.6. The third kappa shape index (κ3) is 5.87. The van der Waals surface area contributed by atoms with E-state index in [1.165, 1.54) is 11.8 Å². The molecule has 9 heteroatoms. The van der Waals surface area contributed by atoms with Gasteiger partial charge in [-0.15, -0.1) is 0 Å². The number of likely N-dealkylation sites (N-methyl/N-ethyl adjacent to an activating group) is 1. The van der Waals surface area contributed by atoms with Crippen LogP contribution in [0, 0.1) is 24.2 Å². The van der Waals surface area contributed by atoms with Crippen molar-refractivity contribution in [3.63, 3.8) is 0 Å². The Morgan fingerprint density at radius 2 is 1.81 bits per heavy atom. The van der Waals surface area contributed by atoms with Gasteiger partial charge in [0.2, 0.25) is 0 Å². The molecule has 3 rings (SSSR count). The van der Waals surface area contributed by atoms with Gasteiger partial charge in [-0.25, -0.2) is 0 Å². The summed E-state index contributed by atoms with van der Waals surface area (Å²) in [6, 6.07) is 2.11. The molecular weight excluding hydrogens is 490 g/mol. The molecule has 1 unspecified atom stereocenters. The van der Waals surface area contributed by atoms with E-state index in [0.29, 0.717) is 33.8 Å². The van der Waals surface area contributed by atoms with Crippen LogP contribution in [-0.2, 0) is 11.3 Å². The molecule has 0 bridgehead atoms. The van der Waals surface area contributed by atoms with E-state index in [-0.39, 0.29) is 17.0 Å². The van der Waals surface area contributed by atoms with E-state index >= 15 is 0 Å². The number of aromatic nitrogens is 1. The highest BCUT2D eigenvalue weighted by Crippen LogP contribution is 2.37. The van der Waals surface area contributed by atoms with Crippen LogP contribution in [0.25, 0.3) is 6.08 Å². The first-order chi connectivity index (χ1) is 17.3. The van der Waals surface area contributed by atoms with Gasteiger partial charge in [-0.05, 0) is 44.4 Å². The van der Waals surface area contributed by atoms with E-state index in [1.807, 2.05) is 19.9 Å². The number of nitrogens with zero attached hydrogens (tertiary/aromatic N) is 5. The Hall–Kier alpha value is -2.15. The number of pyridine rings is 1. The maximum atomic E-state index is 13.5. The fourth-order valence-corrected chi connectivity index (χ4v) is 6.27. The largest absolute Gasteiger partial charge is 0.355 e. The molecule has 36 heavy (non-hydrogen) atoms. The van der Waals surface area contributed by atoms with Crippen molar-refractivity contribution in [2.45, 2.75) is 66.8 Å². The van der Waals surface area contributed by atoms with E-state index in [9.17, 15) is 14.9 Å². The van der Waals surface area contributed by atoms with Gasteiger partial charge < -0.3 is 9.80 Å². The zero-order valence-corrected chi connectivity index (χ0v) is 23.9. The number of nitriles is 1. The summed E-state index contributed by atoms with van der Waals surface area (Å²) in [6.45, 7) is 15.7. The van der Waals surface area contributed by atoms with Crippen LogP contribution in [0.1, 0.15) is 70.1 Å². The van der Waals surface area contributed by atoms with E-state index in [4.69, 9.17) is 12.2 Å². The number of carbonyl (C=O) groups is 1. The Kier molecular flexibility index (Phi) is 10.2. The standard InChI is InChI=1S/C27H39N5O2S2/c1-6-10-11-20(7-2)18-32-26(34)23(36-27(32)35)16-21-19(5)22(17-28)25(33)31(9-4)24(21)30-14-12-29(8-3)13-15-30/h16,20H,6-15,18H2,1-5H3. The first-order valence-electron chi connectivity index (χ1n) is 13.2. The van der Waals surface area contributed by atoms with Gasteiger partial charge in [-0.1, -0.05) is 64.0 Å². The van der Waals surface area contributed by atoms with Crippen molar-refractivity contribution in [2.75, 3.05) is 44.2 Å². The highest BCUT2D eigenvalue weighted by atomic mass is 32.2. The number of hydrogen-bond donors (Lipinski definition) is 0. The van der Waals surface area contributed by atoms with Gasteiger partial charge in [0.1, 0.15) is 21.8 Å². The second-order valence-corrected chi connectivity index (χ2v) is 11.2. The van der Waals surface area contributed by atoms with E-state index in [1.54, 1.807) is 9.47 Å². The molecule has 1 atom stereocenters. The van der Waals surface area contributed by atoms with Crippen molar-refractivity contribution in [1.29, 1.82) is 5.26 Å². The van der Waals surface area contributed by atoms with Crippen molar-refractivity contribution in [1.82, 2.24) is 14.4 Å². The van der Waals surface area contributed by atoms with Crippen LogP contribution in [0.2, 0.25) is 0 Å². The van der Waals surface area contributed by atoms with Crippen LogP contribution in [0.5, 0.6) is 0 Å². The van der Waals surface area contributed by atoms with Gasteiger partial charge >= 0.3 is 0 Å². The normalized spacial score (nSPS) is 18.8. The lowest BCUT2D eigenvalue weighted by molar-refractivity contribution is -0.122. The lowest BCUT2D eigenvalue weighted by Crippen LogP contribution is -2.48. The van der Waals surface area contributed by atoms with Crippen molar-refractivity contribution in [2.24, 2.45) is 5.92 Å². The maximum absolute atomic E-state index is 13.5. The van der Waals surface area contributed by atoms with Crippen LogP contribution >= 0.6 is 24.0 Å². The van der Waals surface area contributed by atoms with Gasteiger partial charge in [0, 0.05) is 44.8 Å². The van der Waals surface area contributed by atoms with Gasteiger partial charge in [-0.2, -0.15) is 5.26 Å². The Bertz CT molecular complexity index is 1110. The monoisotopic (exact) mass is 529 g/mol. The topological polar surface area (TPSA) is 72.6 Å². The van der Waals surface area contributed by atoms with Crippen molar-refractivity contribution in [3.05, 3.63) is 31.9 Å². The zero-order valence-electron chi connectivity index (χ0n) is 22.3. The fourth-order valence-electron chi connectivity index (χ4n) is 5.02. The summed E-state index contributed by atoms with van der Waals surface area (Å²) in [7, 11) is 0. The van der Waals surface area contributed by atoms with Crippen molar-refractivity contribution in [3.8, 4) is 6.07 Å². The highest BCUT2D eigenvalue weighted by Gasteiger charge is 2.34. The van der Waals surface area contributed by atoms with Crippen LogP contribution in [-0.4, -0.2) is 63.9 Å². The Balaban J connectivity index is 2.05. The molecule has 1 amide bonds. The number of carbonyl (C=O) groups excluding carboxylic acids is 1. The number of thioether (sulfide) groups is 1. The summed E-state index contributed by atoms with van der Waals surface area (Å²) in [5, 5.41) is 9.80. The van der Waals surface area contributed by atoms with Gasteiger partial charge in [0.25, 0.3) is 11.5 Å². The number of unbranched alkanes of at least 4 members (excludes halogenated alkanes) is 1. The molecule has 0 saturated carbocycles. The molecule has 2 aliphatic rings. The first-order valence-corrected chi connectivity index (χ1v) is 14.4. The molecule has 2 aliphatic heterocycles. The molecule has 2 fully saturated rings. The number of thiocarbonyl (C=S) groups is 1. The molecule has 196 valence electrons. The third-order valence-corrected chi connectivity index (χ3v) is 8.79. The molecule has 0 N–H and O–H groups in total. The summed E-state index contributed by atoms with van der Waals surface area (Å²) >= 11 is 6.95. The number of piperazine rings is 1. The lowest BCUT2D eigenvalue weighted by atomic mass is 9.99. The molecule has 0 radical (unpaired) electrons. The molecule has 2 saturated heterocycles. The molecule has 1 aromatic heterocycles. The predicted octanol–water partition coefficient (Wildman–Crippen LogP) is 4.61. The minimum Gasteiger partial charge on any atom is -0.355 e. The third-order valence-electron chi connectivity index (χ3n) is 7.41. The minimum absolute atomic E-state index is 0.0751. The minimum atomic E-state index is -0.267. The predicted molar refractivity (Wildman–Crippen MR) is 153 cm³/mol. The second kappa shape index (κ2) is 12.9. The van der Waals surface area contributed by atoms with E-state index in [0.717, 1.165) is 69.8 Å². The van der Waals surface area contributed by atoms with Crippen molar-refractivity contribution < 1.29 is 4.79 Å². The Labute approximate surface area is 225 Å². The number of hydrogen-bond acceptors (Lipinski definition) is 7. The van der Waals surface area contributed by atoms with Crippen LogP contribution in [0.15, 0.2) is 9.70 Å². The van der Waals surface area contributed by atoms with Crippen molar-refractivity contribution >= 4 is 46.1 Å². The molecule has 7 nitrogen and oxygen atoms in total. The van der Waals surface area contributed by atoms with E-state index < -0.39 is 0 Å². The first kappa shape index (κ1) is 28.4. The van der Waals surface area contributed by atoms with Crippen LogP contribution < -0.4 is 10.5 Å². The number of amides is 1. The zero-order chi connectivity index (χ0) is 26.4. The summed E-state index contributed by atoms with van der Waals surface area (Å²) in [6.07, 6.45) is 6.25. The summed E-state index contributed by atoms with van der Waals surface area (Å²) in [5.41, 5.74) is 1.27. The second-order valence-electron chi connectivity index (χ2n) is 9.53. The quantitative estimate of drug-likeness (QED) is 0.324. The van der Waals surface area contributed by atoms with Gasteiger partial charge in [0.15, 0.2) is 0 Å². The smallest absolute Gasteiger partial charge is 0.270 e. The van der Waals surface area contributed by atoms with Crippen LogP contribution in [0.4, 0.5) is 5.82 Å². The maximum Gasteiger partial charge on any atom is 0.270 e. The number of rotatable bonds is 10. The average molecular weight is 530 g/mol. The van der Waals surface area contributed by atoms with Crippen LogP contribution in [0.3, 0.4) is 0 Å². The SMILES string of the molecule is CCCCC(CC)CN1C(=O)C(=Cc2c(C)c(C#N)c(=O)n(CC)c2N2CCN(CC)CC2)SC1=S. The van der Waals surface area contributed by atoms with Gasteiger partial charge in [-0.3, -0.25) is 19.1 Å². The summed E-state index contributed by atoms with van der Waals surface area (Å²) < 4.78 is 2.28. The number of anilines is 1. The molecule has 1 aromatic rings. The highest BCUT2D eigenvalue weighted by molar-refractivity contribution is 8.26. The molecule has 0 spiro atoms. The molecule has 0 aromatic carbocycles. The van der Waals surface area contributed by atoms with E-state index in [2.05, 4.69) is 36.6 Å². The summed E-state index contributed by atoms with van der Waals surface area (Å²) in [5.74, 6) is 1.15. The molecular formula is C27H39N5O2S2. The lowest BCUT2D eigenvalue weighted by Gasteiger charge is -2.37. The fraction of sp³-hybridized carbons (Fsp3) is 0.630.